The molecule has 0 aliphatic rings. The first-order valence-electron chi connectivity index (χ1n) is 7.79. The van der Waals surface area contributed by atoms with Gasteiger partial charge in [0.25, 0.3) is 5.78 Å². The number of anilines is 1. The molecule has 25 heavy (non-hydrogen) atoms. The van der Waals surface area contributed by atoms with Gasteiger partial charge in [0.2, 0.25) is 5.91 Å². The number of benzene rings is 1. The van der Waals surface area contributed by atoms with E-state index in [-0.39, 0.29) is 5.91 Å². The van der Waals surface area contributed by atoms with Gasteiger partial charge in [0.1, 0.15) is 12.1 Å². The fourth-order valence-corrected chi connectivity index (χ4v) is 2.92. The second-order valence-electron chi connectivity index (χ2n) is 5.63. The molecule has 1 aromatic carbocycles. The lowest BCUT2D eigenvalue weighted by atomic mass is 10.1. The third-order valence-electron chi connectivity index (χ3n) is 4.03. The number of methoxy groups -OCH3 is 1. The number of carbonyl (C=O) groups excluding carboxylic acids is 1. The molecule has 0 spiro atoms. The molecular formula is C17H18ClN5O2. The van der Waals surface area contributed by atoms with Crippen LogP contribution in [0.15, 0.2) is 24.5 Å². The van der Waals surface area contributed by atoms with Gasteiger partial charge in [0.15, 0.2) is 0 Å². The zero-order chi connectivity index (χ0) is 18.0. The molecule has 0 atom stereocenters. The predicted molar refractivity (Wildman–Crippen MR) is 95.2 cm³/mol. The molecule has 0 saturated heterocycles. The van der Waals surface area contributed by atoms with E-state index >= 15 is 0 Å². The fourth-order valence-electron chi connectivity index (χ4n) is 2.75. The van der Waals surface area contributed by atoms with E-state index in [4.69, 9.17) is 16.3 Å². The maximum Gasteiger partial charge on any atom is 0.252 e. The Kier molecular flexibility index (Phi) is 4.85. The Bertz CT molecular complexity index is 938. The monoisotopic (exact) mass is 359 g/mol. The quantitative estimate of drug-likeness (QED) is 0.757. The van der Waals surface area contributed by atoms with Crippen molar-refractivity contribution in [3.05, 3.63) is 46.5 Å². The first-order valence-corrected chi connectivity index (χ1v) is 8.16. The molecule has 0 aliphatic heterocycles. The summed E-state index contributed by atoms with van der Waals surface area (Å²) in [6.45, 7) is 3.86. The molecule has 7 nitrogen and oxygen atoms in total. The number of nitrogens with one attached hydrogen (secondary N) is 1. The molecule has 0 bridgehead atoms. The molecule has 0 radical (unpaired) electrons. The minimum absolute atomic E-state index is 0.127. The minimum Gasteiger partial charge on any atom is -0.495 e. The number of nitrogens with zero attached hydrogens (tertiary/aromatic N) is 4. The van der Waals surface area contributed by atoms with Gasteiger partial charge in [-0.15, -0.1) is 0 Å². The van der Waals surface area contributed by atoms with Crippen molar-refractivity contribution < 1.29 is 9.53 Å². The van der Waals surface area contributed by atoms with E-state index < -0.39 is 0 Å². The van der Waals surface area contributed by atoms with Gasteiger partial charge in [-0.1, -0.05) is 11.6 Å². The molecule has 0 unspecified atom stereocenters. The van der Waals surface area contributed by atoms with Crippen molar-refractivity contribution in [2.24, 2.45) is 0 Å². The Hall–Kier alpha value is -2.67. The number of fused-ring (bicyclic) bond motifs is 1. The molecule has 0 saturated carbocycles. The van der Waals surface area contributed by atoms with Gasteiger partial charge in [-0.05, 0) is 44.0 Å². The van der Waals surface area contributed by atoms with E-state index in [2.05, 4.69) is 20.4 Å². The zero-order valence-electron chi connectivity index (χ0n) is 14.2. The van der Waals surface area contributed by atoms with Crippen molar-refractivity contribution in [3.63, 3.8) is 0 Å². The molecule has 3 aromatic rings. The molecule has 8 heteroatoms. The lowest BCUT2D eigenvalue weighted by Crippen LogP contribution is -2.15. The summed E-state index contributed by atoms with van der Waals surface area (Å²) in [5.74, 6) is 1.00. The van der Waals surface area contributed by atoms with E-state index in [0.29, 0.717) is 35.1 Å². The summed E-state index contributed by atoms with van der Waals surface area (Å²) in [6, 6.07) is 5.09. The highest BCUT2D eigenvalue weighted by Gasteiger charge is 2.14. The summed E-state index contributed by atoms with van der Waals surface area (Å²) in [5.41, 5.74) is 3.34. The summed E-state index contributed by atoms with van der Waals surface area (Å²) in [4.78, 5) is 20.8. The van der Waals surface area contributed by atoms with Gasteiger partial charge in [-0.2, -0.15) is 10.1 Å². The Balaban J connectivity index is 1.74. The van der Waals surface area contributed by atoms with Crippen LogP contribution < -0.4 is 10.1 Å². The van der Waals surface area contributed by atoms with Crippen LogP contribution in [0.2, 0.25) is 5.02 Å². The topological polar surface area (TPSA) is 81.4 Å². The van der Waals surface area contributed by atoms with Crippen molar-refractivity contribution in [2.75, 3.05) is 12.4 Å². The number of ether oxygens (including phenoxy) is 1. The second-order valence-corrected chi connectivity index (χ2v) is 6.06. The molecule has 3 rings (SSSR count). The van der Waals surface area contributed by atoms with Crippen molar-refractivity contribution >= 4 is 29.0 Å². The maximum absolute atomic E-state index is 12.3. The van der Waals surface area contributed by atoms with Gasteiger partial charge >= 0.3 is 0 Å². The van der Waals surface area contributed by atoms with Crippen LogP contribution in [0.4, 0.5) is 5.69 Å². The number of aromatic nitrogens is 4. The molecule has 0 aliphatic carbocycles. The first kappa shape index (κ1) is 17.2. The normalized spacial score (nSPS) is 10.9. The average Bonchev–Trinajstić information content (AvgIpc) is 3.03. The summed E-state index contributed by atoms with van der Waals surface area (Å²) < 4.78 is 6.92. The third kappa shape index (κ3) is 3.56. The van der Waals surface area contributed by atoms with Crippen LogP contribution in [0.1, 0.15) is 23.4 Å². The smallest absolute Gasteiger partial charge is 0.252 e. The van der Waals surface area contributed by atoms with E-state index in [1.54, 1.807) is 29.8 Å². The lowest BCUT2D eigenvalue weighted by Gasteiger charge is -2.12. The van der Waals surface area contributed by atoms with Crippen molar-refractivity contribution in [2.45, 2.75) is 26.7 Å². The van der Waals surface area contributed by atoms with Crippen LogP contribution in [-0.2, 0) is 11.2 Å². The Morgan fingerprint density at radius 2 is 2.16 bits per heavy atom. The largest absolute Gasteiger partial charge is 0.495 e. The Labute approximate surface area is 150 Å². The highest BCUT2D eigenvalue weighted by atomic mass is 35.5. The van der Waals surface area contributed by atoms with Gasteiger partial charge < -0.3 is 10.1 Å². The number of aryl methyl sites for hydroxylation is 2. The van der Waals surface area contributed by atoms with E-state index in [9.17, 15) is 4.79 Å². The molecule has 2 heterocycles. The minimum atomic E-state index is -0.127. The van der Waals surface area contributed by atoms with Crippen molar-refractivity contribution in [1.82, 2.24) is 19.6 Å². The first-order chi connectivity index (χ1) is 12.0. The number of rotatable bonds is 5. The van der Waals surface area contributed by atoms with Gasteiger partial charge in [0, 0.05) is 22.8 Å². The molecule has 2 aromatic heterocycles. The standard InChI is InChI=1S/C17H18ClN5O2/c1-10-13(11(2)23-17(21-10)19-9-20-23)5-7-16(24)22-14-8-12(18)4-6-15(14)25-3/h4,6,8-9H,5,7H2,1-3H3,(H,22,24). The molecule has 130 valence electrons. The highest BCUT2D eigenvalue weighted by Crippen LogP contribution is 2.28. The van der Waals surface area contributed by atoms with Crippen LogP contribution in [0, 0.1) is 13.8 Å². The number of carbonyl (C=O) groups is 1. The van der Waals surface area contributed by atoms with Gasteiger partial charge in [0.05, 0.1) is 12.8 Å². The SMILES string of the molecule is COc1ccc(Cl)cc1NC(=O)CCc1c(C)nc2ncnn2c1C. The number of hydrogen-bond donors (Lipinski definition) is 1. The van der Waals surface area contributed by atoms with E-state index in [1.165, 1.54) is 6.33 Å². The molecular weight excluding hydrogens is 342 g/mol. The molecule has 0 fully saturated rings. The van der Waals surface area contributed by atoms with E-state index in [1.807, 2.05) is 13.8 Å². The van der Waals surface area contributed by atoms with Crippen LogP contribution >= 0.6 is 11.6 Å². The third-order valence-corrected chi connectivity index (χ3v) is 4.26. The average molecular weight is 360 g/mol. The van der Waals surface area contributed by atoms with Crippen LogP contribution in [0.5, 0.6) is 5.75 Å². The predicted octanol–water partition coefficient (Wildman–Crippen LogP) is 2.97. The van der Waals surface area contributed by atoms with Crippen LogP contribution in [0.25, 0.3) is 5.78 Å². The van der Waals surface area contributed by atoms with Gasteiger partial charge in [-0.3, -0.25) is 4.79 Å². The summed E-state index contributed by atoms with van der Waals surface area (Å²) in [5, 5.41) is 7.53. The van der Waals surface area contributed by atoms with Crippen LogP contribution in [-0.4, -0.2) is 32.6 Å². The number of halogens is 1. The van der Waals surface area contributed by atoms with Gasteiger partial charge in [-0.25, -0.2) is 9.50 Å². The maximum atomic E-state index is 12.3. The fraction of sp³-hybridized carbons (Fsp3) is 0.294. The lowest BCUT2D eigenvalue weighted by molar-refractivity contribution is -0.116. The molecule has 1 N–H and O–H groups in total. The number of amides is 1. The highest BCUT2D eigenvalue weighted by molar-refractivity contribution is 6.31. The van der Waals surface area contributed by atoms with Crippen LogP contribution in [0.3, 0.4) is 0 Å². The number of hydrogen-bond acceptors (Lipinski definition) is 5. The van der Waals surface area contributed by atoms with Crippen molar-refractivity contribution in [1.29, 1.82) is 0 Å². The summed E-state index contributed by atoms with van der Waals surface area (Å²) in [7, 11) is 1.55. The summed E-state index contributed by atoms with van der Waals surface area (Å²) in [6.07, 6.45) is 2.32. The zero-order valence-corrected chi connectivity index (χ0v) is 15.0. The Morgan fingerprint density at radius 1 is 1.36 bits per heavy atom. The summed E-state index contributed by atoms with van der Waals surface area (Å²) >= 11 is 5.99. The van der Waals surface area contributed by atoms with E-state index in [0.717, 1.165) is 17.0 Å². The Morgan fingerprint density at radius 3 is 2.92 bits per heavy atom. The molecule has 1 amide bonds. The second kappa shape index (κ2) is 7.06. The van der Waals surface area contributed by atoms with Crippen molar-refractivity contribution in [3.8, 4) is 5.75 Å².